The molecule has 0 saturated heterocycles. The zero-order valence-electron chi connectivity index (χ0n) is 16.0. The minimum atomic E-state index is -0.644. The Bertz CT molecular complexity index is 1100. The smallest absolute Gasteiger partial charge is 0.270 e. The Morgan fingerprint density at radius 3 is 2.37 bits per heavy atom. The number of para-hydroxylation sites is 1. The highest BCUT2D eigenvalue weighted by Crippen LogP contribution is 2.24. The molecule has 2 amide bonds. The summed E-state index contributed by atoms with van der Waals surface area (Å²) in [5, 5.41) is 13.7. The van der Waals surface area contributed by atoms with Crippen LogP contribution in [0.15, 0.2) is 72.8 Å². The second kappa shape index (κ2) is 9.19. The van der Waals surface area contributed by atoms with E-state index in [0.29, 0.717) is 12.1 Å². The van der Waals surface area contributed by atoms with E-state index in [1.54, 1.807) is 36.2 Å². The number of non-ortho nitro benzene ring substituents is 1. The molecule has 0 unspecified atom stereocenters. The second-order valence-corrected chi connectivity index (χ2v) is 6.97. The van der Waals surface area contributed by atoms with Crippen molar-refractivity contribution in [2.24, 2.45) is 0 Å². The van der Waals surface area contributed by atoms with Crippen molar-refractivity contribution in [1.82, 2.24) is 4.90 Å². The van der Waals surface area contributed by atoms with E-state index in [1.165, 1.54) is 12.1 Å². The van der Waals surface area contributed by atoms with Crippen molar-refractivity contribution in [2.45, 2.75) is 6.54 Å². The molecular formula is C22H18ClN3O4. The number of hydrogen-bond acceptors (Lipinski definition) is 4. The van der Waals surface area contributed by atoms with E-state index >= 15 is 0 Å². The van der Waals surface area contributed by atoms with Crippen LogP contribution in [-0.4, -0.2) is 28.7 Å². The number of nitro benzene ring substituents is 1. The molecule has 30 heavy (non-hydrogen) atoms. The maximum absolute atomic E-state index is 13.0. The Kier molecular flexibility index (Phi) is 6.44. The minimum absolute atomic E-state index is 0.0502. The van der Waals surface area contributed by atoms with Gasteiger partial charge in [0.15, 0.2) is 0 Å². The lowest BCUT2D eigenvalue weighted by Crippen LogP contribution is -2.27. The molecular weight excluding hydrogens is 406 g/mol. The normalized spacial score (nSPS) is 10.3. The topological polar surface area (TPSA) is 92.6 Å². The van der Waals surface area contributed by atoms with Gasteiger partial charge in [0.25, 0.3) is 17.5 Å². The van der Waals surface area contributed by atoms with Crippen LogP contribution in [0, 0.1) is 10.1 Å². The Hall–Kier alpha value is -3.71. The summed E-state index contributed by atoms with van der Waals surface area (Å²) in [7, 11) is 1.67. The number of nitrogens with one attached hydrogen (secondary N) is 1. The first-order chi connectivity index (χ1) is 14.4. The van der Waals surface area contributed by atoms with Crippen LogP contribution in [0.1, 0.15) is 26.3 Å². The van der Waals surface area contributed by atoms with Gasteiger partial charge in [-0.3, -0.25) is 19.7 Å². The molecule has 7 nitrogen and oxygen atoms in total. The fraction of sp³-hybridized carbons (Fsp3) is 0.0909. The number of nitrogens with zero attached hydrogens (tertiary/aromatic N) is 2. The summed E-state index contributed by atoms with van der Waals surface area (Å²) in [4.78, 5) is 37.6. The standard InChI is InChI=1S/C22H18ClN3O4/c1-25(14-15-7-3-2-4-8-15)22(28)17-9-5-6-10-20(17)24-21(27)18-13-16(26(29)30)11-12-19(18)23/h2-13H,14H2,1H3,(H,24,27). The average Bonchev–Trinajstić information content (AvgIpc) is 2.74. The van der Waals surface area contributed by atoms with Gasteiger partial charge in [0.1, 0.15) is 0 Å². The van der Waals surface area contributed by atoms with Crippen LogP contribution in [0.5, 0.6) is 0 Å². The Balaban J connectivity index is 1.83. The fourth-order valence-electron chi connectivity index (χ4n) is 2.90. The third-order valence-corrected chi connectivity index (χ3v) is 4.75. The minimum Gasteiger partial charge on any atom is -0.337 e. The molecule has 0 heterocycles. The lowest BCUT2D eigenvalue weighted by molar-refractivity contribution is -0.384. The first kappa shape index (κ1) is 21.0. The molecule has 3 aromatic rings. The molecule has 0 bridgehead atoms. The molecule has 152 valence electrons. The van der Waals surface area contributed by atoms with Crippen LogP contribution in [-0.2, 0) is 6.54 Å². The number of nitro groups is 1. The summed E-state index contributed by atoms with van der Waals surface area (Å²) >= 11 is 6.05. The molecule has 3 rings (SSSR count). The van der Waals surface area contributed by atoms with Crippen molar-refractivity contribution in [3.63, 3.8) is 0 Å². The quantitative estimate of drug-likeness (QED) is 0.456. The van der Waals surface area contributed by atoms with E-state index in [0.717, 1.165) is 11.6 Å². The van der Waals surface area contributed by atoms with Gasteiger partial charge in [-0.1, -0.05) is 54.1 Å². The summed E-state index contributed by atoms with van der Waals surface area (Å²) in [6, 6.07) is 19.7. The third kappa shape index (κ3) is 4.82. The van der Waals surface area contributed by atoms with Crippen molar-refractivity contribution in [3.05, 3.63) is 105 Å². The van der Waals surface area contributed by atoms with Crippen molar-refractivity contribution in [1.29, 1.82) is 0 Å². The van der Waals surface area contributed by atoms with E-state index in [1.807, 2.05) is 30.3 Å². The van der Waals surface area contributed by atoms with Crippen molar-refractivity contribution in [2.75, 3.05) is 12.4 Å². The second-order valence-electron chi connectivity index (χ2n) is 6.57. The molecule has 0 aliphatic rings. The maximum Gasteiger partial charge on any atom is 0.270 e. The van der Waals surface area contributed by atoms with Crippen LogP contribution in [0.4, 0.5) is 11.4 Å². The predicted molar refractivity (Wildman–Crippen MR) is 115 cm³/mol. The summed E-state index contributed by atoms with van der Waals surface area (Å²) < 4.78 is 0. The Morgan fingerprint density at radius 2 is 1.67 bits per heavy atom. The molecule has 0 atom stereocenters. The van der Waals surface area contributed by atoms with E-state index < -0.39 is 10.8 Å². The van der Waals surface area contributed by atoms with Crippen LogP contribution >= 0.6 is 11.6 Å². The van der Waals surface area contributed by atoms with Gasteiger partial charge in [-0.25, -0.2) is 0 Å². The molecule has 0 spiro atoms. The van der Waals surface area contributed by atoms with E-state index in [2.05, 4.69) is 5.32 Å². The molecule has 0 aliphatic carbocycles. The van der Waals surface area contributed by atoms with Gasteiger partial charge in [-0.2, -0.15) is 0 Å². The highest BCUT2D eigenvalue weighted by atomic mass is 35.5. The number of amides is 2. The van der Waals surface area contributed by atoms with Crippen molar-refractivity contribution >= 4 is 34.8 Å². The number of carbonyl (C=O) groups is 2. The van der Waals surface area contributed by atoms with E-state index in [-0.39, 0.29) is 27.9 Å². The lowest BCUT2D eigenvalue weighted by Gasteiger charge is -2.19. The fourth-order valence-corrected chi connectivity index (χ4v) is 3.11. The van der Waals surface area contributed by atoms with Gasteiger partial charge in [0, 0.05) is 25.7 Å². The van der Waals surface area contributed by atoms with Crippen LogP contribution in [0.2, 0.25) is 5.02 Å². The zero-order valence-corrected chi connectivity index (χ0v) is 16.8. The molecule has 1 N–H and O–H groups in total. The van der Waals surface area contributed by atoms with Gasteiger partial charge in [-0.15, -0.1) is 0 Å². The van der Waals surface area contributed by atoms with Gasteiger partial charge in [-0.05, 0) is 23.8 Å². The highest BCUT2D eigenvalue weighted by molar-refractivity contribution is 6.34. The summed E-state index contributed by atoms with van der Waals surface area (Å²) in [6.45, 7) is 0.401. The molecule has 0 fully saturated rings. The van der Waals surface area contributed by atoms with Crippen LogP contribution in [0.25, 0.3) is 0 Å². The maximum atomic E-state index is 13.0. The molecule has 0 saturated carbocycles. The molecule has 0 radical (unpaired) electrons. The SMILES string of the molecule is CN(Cc1ccccc1)C(=O)c1ccccc1NC(=O)c1cc([N+](=O)[O-])ccc1Cl. The van der Waals surface area contributed by atoms with Crippen molar-refractivity contribution in [3.8, 4) is 0 Å². The molecule has 3 aromatic carbocycles. The average molecular weight is 424 g/mol. The first-order valence-electron chi connectivity index (χ1n) is 9.00. The number of hydrogen-bond donors (Lipinski definition) is 1. The third-order valence-electron chi connectivity index (χ3n) is 4.42. The number of halogens is 1. The van der Waals surface area contributed by atoms with Gasteiger partial charge in [0.05, 0.1) is 26.8 Å². The summed E-state index contributed by atoms with van der Waals surface area (Å²) in [5.74, 6) is -0.922. The van der Waals surface area contributed by atoms with Gasteiger partial charge < -0.3 is 10.2 Å². The predicted octanol–water partition coefficient (Wildman–Crippen LogP) is 4.77. The van der Waals surface area contributed by atoms with E-state index in [9.17, 15) is 19.7 Å². The van der Waals surface area contributed by atoms with Crippen LogP contribution < -0.4 is 5.32 Å². The Morgan fingerprint density at radius 1 is 1.00 bits per heavy atom. The molecule has 8 heteroatoms. The monoisotopic (exact) mass is 423 g/mol. The number of carbonyl (C=O) groups excluding carboxylic acids is 2. The first-order valence-corrected chi connectivity index (χ1v) is 9.38. The number of anilines is 1. The van der Waals surface area contributed by atoms with Gasteiger partial charge in [0.2, 0.25) is 0 Å². The zero-order chi connectivity index (χ0) is 21.7. The lowest BCUT2D eigenvalue weighted by atomic mass is 10.1. The van der Waals surface area contributed by atoms with E-state index in [4.69, 9.17) is 11.6 Å². The van der Waals surface area contributed by atoms with Crippen molar-refractivity contribution < 1.29 is 14.5 Å². The number of benzene rings is 3. The van der Waals surface area contributed by atoms with Gasteiger partial charge >= 0.3 is 0 Å². The highest BCUT2D eigenvalue weighted by Gasteiger charge is 2.20. The molecule has 0 aliphatic heterocycles. The summed E-state index contributed by atoms with van der Waals surface area (Å²) in [6.07, 6.45) is 0. The largest absolute Gasteiger partial charge is 0.337 e. The molecule has 0 aromatic heterocycles. The van der Waals surface area contributed by atoms with Crippen LogP contribution in [0.3, 0.4) is 0 Å². The Labute approximate surface area is 178 Å². The number of rotatable bonds is 6. The summed E-state index contributed by atoms with van der Waals surface area (Å²) in [5.41, 5.74) is 1.25.